The van der Waals surface area contributed by atoms with Gasteiger partial charge in [-0.05, 0) is 52.8 Å². The highest BCUT2D eigenvalue weighted by Crippen LogP contribution is 2.35. The Labute approximate surface area is 130 Å². The topological polar surface area (TPSA) is 78.9 Å². The highest BCUT2D eigenvalue weighted by molar-refractivity contribution is 5.98. The van der Waals surface area contributed by atoms with Crippen LogP contribution in [0.4, 0.5) is 16.2 Å². The lowest BCUT2D eigenvalue weighted by atomic mass is 10.0. The third-order valence-electron chi connectivity index (χ3n) is 3.61. The molecule has 0 unspecified atom stereocenters. The molecule has 2 atom stereocenters. The molecule has 0 saturated carbocycles. The van der Waals surface area contributed by atoms with Gasteiger partial charge < -0.3 is 15.2 Å². The number of benzene rings is 1. The van der Waals surface area contributed by atoms with Crippen molar-refractivity contribution in [3.63, 3.8) is 0 Å². The molecule has 0 saturated heterocycles. The molecule has 0 bridgehead atoms. The van der Waals surface area contributed by atoms with Crippen molar-refractivity contribution < 1.29 is 19.4 Å². The van der Waals surface area contributed by atoms with Gasteiger partial charge in [0.05, 0.1) is 23.0 Å². The van der Waals surface area contributed by atoms with Crippen molar-refractivity contribution in [3.8, 4) is 0 Å². The molecule has 1 aromatic carbocycles. The molecular weight excluding hydrogens is 284 g/mol. The number of fused-ring (bicyclic) bond motifs is 1. The number of nitrogens with zero attached hydrogens (tertiary/aromatic N) is 1. The lowest BCUT2D eigenvalue weighted by Crippen LogP contribution is -2.52. The second-order valence-corrected chi connectivity index (χ2v) is 6.56. The maximum atomic E-state index is 12.5. The zero-order chi connectivity index (χ0) is 16.7. The Balaban J connectivity index is 2.46. The maximum Gasteiger partial charge on any atom is 0.415 e. The van der Waals surface area contributed by atoms with Crippen molar-refractivity contribution in [2.45, 2.75) is 52.3 Å². The van der Waals surface area contributed by atoms with Crippen LogP contribution in [0.25, 0.3) is 0 Å². The molecule has 2 N–H and O–H groups in total. The fraction of sp³-hybridized carbons (Fsp3) is 0.500. The molecule has 120 valence electrons. The molecule has 1 heterocycles. The van der Waals surface area contributed by atoms with Crippen molar-refractivity contribution in [2.24, 2.45) is 0 Å². The van der Waals surface area contributed by atoms with Crippen LogP contribution in [-0.4, -0.2) is 34.9 Å². The third kappa shape index (κ3) is 3.16. The van der Waals surface area contributed by atoms with Gasteiger partial charge in [0.15, 0.2) is 0 Å². The first-order chi connectivity index (χ1) is 10.1. The quantitative estimate of drug-likeness (QED) is 0.832. The van der Waals surface area contributed by atoms with Gasteiger partial charge in [0.25, 0.3) is 0 Å². The van der Waals surface area contributed by atoms with Gasteiger partial charge in [0, 0.05) is 6.04 Å². The molecule has 0 aromatic heterocycles. The standard InChI is InChI=1S/C16H22N2O4/c1-9-10(2)18(15(21)22-16(3,4)5)13-8-11(14(19)20)6-7-12(13)17-9/h6-10,17H,1-5H3,(H,19,20)/t9-,10-/m0/s1. The Kier molecular flexibility index (Phi) is 4.04. The maximum absolute atomic E-state index is 12.5. The van der Waals surface area contributed by atoms with Crippen LogP contribution in [0.2, 0.25) is 0 Å². The number of carboxylic acids is 1. The summed E-state index contributed by atoms with van der Waals surface area (Å²) in [4.78, 5) is 25.2. The number of nitrogens with one attached hydrogen (secondary N) is 1. The van der Waals surface area contributed by atoms with Crippen molar-refractivity contribution in [2.75, 3.05) is 10.2 Å². The first-order valence-electron chi connectivity index (χ1n) is 7.26. The number of carbonyl (C=O) groups excluding carboxylic acids is 1. The number of hydrogen-bond donors (Lipinski definition) is 2. The fourth-order valence-corrected chi connectivity index (χ4v) is 2.37. The summed E-state index contributed by atoms with van der Waals surface area (Å²) < 4.78 is 5.46. The number of rotatable bonds is 1. The number of carbonyl (C=O) groups is 2. The molecule has 1 aromatic rings. The largest absolute Gasteiger partial charge is 0.478 e. The molecule has 6 heteroatoms. The van der Waals surface area contributed by atoms with Crippen LogP contribution in [0.1, 0.15) is 45.0 Å². The lowest BCUT2D eigenvalue weighted by molar-refractivity contribution is 0.0562. The van der Waals surface area contributed by atoms with Crippen LogP contribution in [0.3, 0.4) is 0 Å². The minimum absolute atomic E-state index is 0.0238. The Bertz CT molecular complexity index is 607. The van der Waals surface area contributed by atoms with E-state index < -0.39 is 17.7 Å². The molecular formula is C16H22N2O4. The zero-order valence-electron chi connectivity index (χ0n) is 13.5. The van der Waals surface area contributed by atoms with E-state index in [4.69, 9.17) is 9.84 Å². The number of anilines is 2. The second-order valence-electron chi connectivity index (χ2n) is 6.56. The highest BCUT2D eigenvalue weighted by atomic mass is 16.6. The number of ether oxygens (including phenoxy) is 1. The van der Waals surface area contributed by atoms with Crippen LogP contribution in [0.15, 0.2) is 18.2 Å². The van der Waals surface area contributed by atoms with Gasteiger partial charge in [-0.2, -0.15) is 0 Å². The normalized spacial score (nSPS) is 20.9. The molecule has 1 aliphatic heterocycles. The summed E-state index contributed by atoms with van der Waals surface area (Å²) in [6.07, 6.45) is -0.475. The van der Waals surface area contributed by atoms with E-state index in [9.17, 15) is 9.59 Å². The average molecular weight is 306 g/mol. The van der Waals surface area contributed by atoms with Gasteiger partial charge in [0.2, 0.25) is 0 Å². The van der Waals surface area contributed by atoms with Crippen LogP contribution in [0, 0.1) is 0 Å². The molecule has 0 aliphatic carbocycles. The molecule has 1 aliphatic rings. The number of hydrogen-bond acceptors (Lipinski definition) is 4. The average Bonchev–Trinajstić information content (AvgIpc) is 2.37. The van der Waals surface area contributed by atoms with Crippen LogP contribution >= 0.6 is 0 Å². The summed E-state index contributed by atoms with van der Waals surface area (Å²) in [6.45, 7) is 9.27. The molecule has 22 heavy (non-hydrogen) atoms. The summed E-state index contributed by atoms with van der Waals surface area (Å²) >= 11 is 0. The number of aromatic carboxylic acids is 1. The van der Waals surface area contributed by atoms with E-state index >= 15 is 0 Å². The van der Waals surface area contributed by atoms with Crippen molar-refractivity contribution in [3.05, 3.63) is 23.8 Å². The summed E-state index contributed by atoms with van der Waals surface area (Å²) in [5, 5.41) is 12.4. The molecule has 0 spiro atoms. The zero-order valence-corrected chi connectivity index (χ0v) is 13.5. The summed E-state index contributed by atoms with van der Waals surface area (Å²) in [6, 6.07) is 4.56. The summed E-state index contributed by atoms with van der Waals surface area (Å²) in [5.41, 5.74) is 0.771. The van der Waals surface area contributed by atoms with E-state index in [0.717, 1.165) is 5.69 Å². The van der Waals surface area contributed by atoms with E-state index in [2.05, 4.69) is 5.32 Å². The first kappa shape index (κ1) is 16.1. The van der Waals surface area contributed by atoms with E-state index in [1.54, 1.807) is 26.8 Å². The predicted molar refractivity (Wildman–Crippen MR) is 84.7 cm³/mol. The molecule has 1 amide bonds. The van der Waals surface area contributed by atoms with E-state index in [1.807, 2.05) is 13.8 Å². The van der Waals surface area contributed by atoms with E-state index in [-0.39, 0.29) is 17.6 Å². The van der Waals surface area contributed by atoms with Crippen LogP contribution < -0.4 is 10.2 Å². The van der Waals surface area contributed by atoms with Crippen LogP contribution in [-0.2, 0) is 4.74 Å². The van der Waals surface area contributed by atoms with Gasteiger partial charge in [0.1, 0.15) is 5.60 Å². The second kappa shape index (κ2) is 5.51. The van der Waals surface area contributed by atoms with Crippen LogP contribution in [0.5, 0.6) is 0 Å². The Hall–Kier alpha value is -2.24. The smallest absolute Gasteiger partial charge is 0.415 e. The Morgan fingerprint density at radius 2 is 1.91 bits per heavy atom. The number of carboxylic acid groups (broad SMARTS) is 1. The van der Waals surface area contributed by atoms with Gasteiger partial charge in [-0.25, -0.2) is 9.59 Å². The molecule has 0 radical (unpaired) electrons. The molecule has 2 rings (SSSR count). The minimum atomic E-state index is -1.03. The monoisotopic (exact) mass is 306 g/mol. The van der Waals surface area contributed by atoms with Gasteiger partial charge in [-0.1, -0.05) is 0 Å². The molecule has 6 nitrogen and oxygen atoms in total. The highest BCUT2D eigenvalue weighted by Gasteiger charge is 2.35. The molecule has 0 fully saturated rings. The predicted octanol–water partition coefficient (Wildman–Crippen LogP) is 3.33. The summed E-state index contributed by atoms with van der Waals surface area (Å²) in [5.74, 6) is -1.03. The third-order valence-corrected chi connectivity index (χ3v) is 3.61. The van der Waals surface area contributed by atoms with Crippen molar-refractivity contribution in [1.82, 2.24) is 0 Å². The van der Waals surface area contributed by atoms with Gasteiger partial charge >= 0.3 is 12.1 Å². The van der Waals surface area contributed by atoms with Crippen molar-refractivity contribution >= 4 is 23.4 Å². The minimum Gasteiger partial charge on any atom is -0.478 e. The van der Waals surface area contributed by atoms with E-state index in [0.29, 0.717) is 5.69 Å². The summed E-state index contributed by atoms with van der Waals surface area (Å²) in [7, 11) is 0. The van der Waals surface area contributed by atoms with Gasteiger partial charge in [-0.15, -0.1) is 0 Å². The van der Waals surface area contributed by atoms with Gasteiger partial charge in [-0.3, -0.25) is 4.90 Å². The Morgan fingerprint density at radius 3 is 2.45 bits per heavy atom. The van der Waals surface area contributed by atoms with Crippen molar-refractivity contribution in [1.29, 1.82) is 0 Å². The van der Waals surface area contributed by atoms with E-state index in [1.165, 1.54) is 17.0 Å². The first-order valence-corrected chi connectivity index (χ1v) is 7.26. The Morgan fingerprint density at radius 1 is 1.27 bits per heavy atom. The lowest BCUT2D eigenvalue weighted by Gasteiger charge is -2.40. The SMILES string of the molecule is C[C@@H]1Nc2ccc(C(=O)O)cc2N(C(=O)OC(C)(C)C)[C@H]1C. The fourth-order valence-electron chi connectivity index (χ4n) is 2.37. The number of amides is 1.